The summed E-state index contributed by atoms with van der Waals surface area (Å²) in [5, 5.41) is 0. The lowest BCUT2D eigenvalue weighted by molar-refractivity contribution is -0.272. The molecule has 0 aliphatic heterocycles. The van der Waals surface area contributed by atoms with Gasteiger partial charge in [0.2, 0.25) is 0 Å². The fourth-order valence-electron chi connectivity index (χ4n) is 6.72. The van der Waals surface area contributed by atoms with Gasteiger partial charge in [-0.05, 0) is 98.7 Å². The zero-order valence-corrected chi connectivity index (χ0v) is 23.4. The van der Waals surface area contributed by atoms with E-state index in [4.69, 9.17) is 4.74 Å². The lowest BCUT2D eigenvalue weighted by atomic mass is 9.77. The van der Waals surface area contributed by atoms with Crippen LogP contribution in [0.5, 0.6) is 0 Å². The van der Waals surface area contributed by atoms with Gasteiger partial charge in [-0.15, -0.1) is 0 Å². The van der Waals surface area contributed by atoms with Crippen molar-refractivity contribution in [1.82, 2.24) is 0 Å². The van der Waals surface area contributed by atoms with Gasteiger partial charge in [0.15, 0.2) is 0 Å². The van der Waals surface area contributed by atoms with E-state index in [2.05, 4.69) is 26.0 Å². The van der Waals surface area contributed by atoms with Crippen LogP contribution in [0.2, 0.25) is 0 Å². The van der Waals surface area contributed by atoms with Crippen molar-refractivity contribution < 1.29 is 13.5 Å². The largest absolute Gasteiger partial charge is 0.383 e. The van der Waals surface area contributed by atoms with E-state index >= 15 is 8.78 Å². The zero-order valence-electron chi connectivity index (χ0n) is 23.4. The van der Waals surface area contributed by atoms with Crippen molar-refractivity contribution in [1.29, 1.82) is 0 Å². The van der Waals surface area contributed by atoms with Crippen LogP contribution < -0.4 is 0 Å². The van der Waals surface area contributed by atoms with Crippen LogP contribution in [-0.4, -0.2) is 0 Å². The summed E-state index contributed by atoms with van der Waals surface area (Å²) in [4.78, 5) is 0. The van der Waals surface area contributed by atoms with Crippen LogP contribution in [0.1, 0.15) is 144 Å². The second-order valence-corrected chi connectivity index (χ2v) is 11.9. The Bertz CT molecular complexity index is 919. The van der Waals surface area contributed by atoms with Crippen molar-refractivity contribution >= 4 is 0 Å². The second-order valence-electron chi connectivity index (χ2n) is 11.9. The minimum absolute atomic E-state index is 0.0577. The number of ether oxygens (including phenoxy) is 1. The Labute approximate surface area is 224 Å². The molecule has 2 fully saturated rings. The molecular formula is C34H48F2O. The summed E-state index contributed by atoms with van der Waals surface area (Å²) < 4.78 is 35.5. The summed E-state index contributed by atoms with van der Waals surface area (Å²) in [5.41, 5.74) is 3.28. The number of alkyl halides is 2. The first-order valence-corrected chi connectivity index (χ1v) is 15.2. The third-order valence-corrected chi connectivity index (χ3v) is 9.41. The maximum absolute atomic E-state index is 15.1. The Morgan fingerprint density at radius 2 is 1.24 bits per heavy atom. The quantitative estimate of drug-likeness (QED) is 0.273. The molecule has 1 atom stereocenters. The first-order chi connectivity index (χ1) is 17.9. The smallest absolute Gasteiger partial charge is 0.309 e. The molecule has 2 aromatic carbocycles. The monoisotopic (exact) mass is 510 g/mol. The molecule has 2 aliphatic rings. The van der Waals surface area contributed by atoms with Crippen LogP contribution in [-0.2, 0) is 10.8 Å². The number of hydrogen-bond donors (Lipinski definition) is 0. The minimum Gasteiger partial charge on any atom is -0.309 e. The van der Waals surface area contributed by atoms with E-state index in [1.54, 1.807) is 19.1 Å². The maximum atomic E-state index is 15.1. The fraction of sp³-hybridized carbons (Fsp3) is 0.647. The SMILES string of the molecule is CCCCCC1CCC(c2ccc(C(C)OC(F)(F)c3ccc(C4CCC(CC)CC4)cc3)cc2)CC1. The van der Waals surface area contributed by atoms with Gasteiger partial charge in [0.25, 0.3) is 0 Å². The van der Waals surface area contributed by atoms with Crippen LogP contribution in [0, 0.1) is 11.8 Å². The molecule has 2 aliphatic carbocycles. The molecule has 0 spiro atoms. The van der Waals surface area contributed by atoms with Gasteiger partial charge in [0.1, 0.15) is 0 Å². The van der Waals surface area contributed by atoms with E-state index in [0.717, 1.165) is 30.2 Å². The lowest BCUT2D eigenvalue weighted by Gasteiger charge is -2.29. The Hall–Kier alpha value is -1.74. The summed E-state index contributed by atoms with van der Waals surface area (Å²) in [7, 11) is 0. The molecule has 0 N–H and O–H groups in total. The first kappa shape index (κ1) is 28.3. The molecule has 204 valence electrons. The molecule has 0 radical (unpaired) electrons. The first-order valence-electron chi connectivity index (χ1n) is 15.2. The maximum Gasteiger partial charge on any atom is 0.383 e. The van der Waals surface area contributed by atoms with Crippen molar-refractivity contribution in [2.75, 3.05) is 0 Å². The van der Waals surface area contributed by atoms with Crippen molar-refractivity contribution in [2.24, 2.45) is 11.8 Å². The van der Waals surface area contributed by atoms with Crippen molar-refractivity contribution in [2.45, 2.75) is 128 Å². The van der Waals surface area contributed by atoms with Crippen LogP contribution in [0.3, 0.4) is 0 Å². The Morgan fingerprint density at radius 1 is 0.730 bits per heavy atom. The van der Waals surface area contributed by atoms with Crippen molar-refractivity contribution in [3.8, 4) is 0 Å². The van der Waals surface area contributed by atoms with Gasteiger partial charge in [-0.3, -0.25) is 0 Å². The summed E-state index contributed by atoms with van der Waals surface area (Å²) in [5.74, 6) is 2.83. The number of benzene rings is 2. The third kappa shape index (κ3) is 7.65. The second kappa shape index (κ2) is 13.4. The van der Waals surface area contributed by atoms with Gasteiger partial charge in [-0.2, -0.15) is 8.78 Å². The van der Waals surface area contributed by atoms with Crippen LogP contribution in [0.15, 0.2) is 48.5 Å². The molecule has 0 amide bonds. The molecule has 0 bridgehead atoms. The summed E-state index contributed by atoms with van der Waals surface area (Å²) in [6, 6.07) is 15.2. The highest BCUT2D eigenvalue weighted by molar-refractivity contribution is 5.29. The molecule has 0 saturated heterocycles. The van der Waals surface area contributed by atoms with Gasteiger partial charge in [0, 0.05) is 0 Å². The Balaban J connectivity index is 1.29. The third-order valence-electron chi connectivity index (χ3n) is 9.41. The topological polar surface area (TPSA) is 9.23 Å². The Kier molecular flexibility index (Phi) is 10.2. The van der Waals surface area contributed by atoms with Crippen LogP contribution in [0.4, 0.5) is 8.78 Å². The van der Waals surface area contributed by atoms with E-state index in [1.807, 2.05) is 24.3 Å². The number of unbranched alkanes of at least 4 members (excludes halogenated alkanes) is 2. The van der Waals surface area contributed by atoms with E-state index in [-0.39, 0.29) is 5.56 Å². The summed E-state index contributed by atoms with van der Waals surface area (Å²) >= 11 is 0. The number of halogens is 2. The summed E-state index contributed by atoms with van der Waals surface area (Å²) in [6.45, 7) is 6.26. The molecule has 4 rings (SSSR count). The average molecular weight is 511 g/mol. The molecule has 3 heteroatoms. The highest BCUT2D eigenvalue weighted by Crippen LogP contribution is 2.41. The molecule has 37 heavy (non-hydrogen) atoms. The fourth-order valence-corrected chi connectivity index (χ4v) is 6.72. The lowest BCUT2D eigenvalue weighted by Crippen LogP contribution is -2.20. The van der Waals surface area contributed by atoms with E-state index < -0.39 is 12.2 Å². The van der Waals surface area contributed by atoms with Gasteiger partial charge in [-0.25, -0.2) is 0 Å². The number of hydrogen-bond acceptors (Lipinski definition) is 1. The van der Waals surface area contributed by atoms with Crippen LogP contribution >= 0.6 is 0 Å². The number of rotatable bonds is 11. The molecule has 1 unspecified atom stereocenters. The van der Waals surface area contributed by atoms with Crippen LogP contribution in [0.25, 0.3) is 0 Å². The van der Waals surface area contributed by atoms with Crippen molar-refractivity contribution in [3.63, 3.8) is 0 Å². The van der Waals surface area contributed by atoms with Gasteiger partial charge in [-0.1, -0.05) is 94.5 Å². The molecule has 2 saturated carbocycles. The molecule has 0 aromatic heterocycles. The van der Waals surface area contributed by atoms with Crippen molar-refractivity contribution in [3.05, 3.63) is 70.8 Å². The minimum atomic E-state index is -3.31. The van der Waals surface area contributed by atoms with E-state index in [0.29, 0.717) is 11.8 Å². The normalized spacial score (nSPS) is 25.6. The van der Waals surface area contributed by atoms with Gasteiger partial charge in [0.05, 0.1) is 11.7 Å². The predicted octanol–water partition coefficient (Wildman–Crippen LogP) is 11.1. The molecular weight excluding hydrogens is 462 g/mol. The highest BCUT2D eigenvalue weighted by Gasteiger charge is 2.35. The molecule has 2 aromatic rings. The van der Waals surface area contributed by atoms with Gasteiger partial charge < -0.3 is 4.74 Å². The zero-order chi connectivity index (χ0) is 26.3. The van der Waals surface area contributed by atoms with E-state index in [9.17, 15) is 0 Å². The molecule has 1 nitrogen and oxygen atoms in total. The predicted molar refractivity (Wildman–Crippen MR) is 150 cm³/mol. The Morgan fingerprint density at radius 3 is 1.76 bits per heavy atom. The molecule has 0 heterocycles. The van der Waals surface area contributed by atoms with Gasteiger partial charge >= 0.3 is 6.11 Å². The average Bonchev–Trinajstić information content (AvgIpc) is 2.93. The highest BCUT2D eigenvalue weighted by atomic mass is 19.3. The standard InChI is InChI=1S/C34H48F2O/c1-4-6-7-8-27-11-15-30(16-12-27)31-19-17-28(18-20-31)25(3)37-34(35,36)33-23-21-32(22-24-33)29-13-9-26(5-2)10-14-29/h17-27,29-30H,4-16H2,1-3H3. The summed E-state index contributed by atoms with van der Waals surface area (Å²) in [6.07, 6.45) is 12.6. The van der Waals surface area contributed by atoms with E-state index in [1.165, 1.54) is 81.8 Å².